The van der Waals surface area contributed by atoms with Gasteiger partial charge in [0.1, 0.15) is 11.6 Å². The minimum absolute atomic E-state index is 0.120. The Bertz CT molecular complexity index is 401. The molecule has 1 rings (SSSR count). The lowest BCUT2D eigenvalue weighted by Crippen LogP contribution is -2.19. The first-order valence-corrected chi connectivity index (χ1v) is 5.87. The Morgan fingerprint density at radius 1 is 1.47 bits per heavy atom. The molecule has 0 aliphatic rings. The second-order valence-corrected chi connectivity index (χ2v) is 4.61. The summed E-state index contributed by atoms with van der Waals surface area (Å²) in [5.74, 6) is 1.92. The Labute approximate surface area is 102 Å². The van der Waals surface area contributed by atoms with Gasteiger partial charge < -0.3 is 15.0 Å². The van der Waals surface area contributed by atoms with Gasteiger partial charge in [-0.05, 0) is 5.92 Å². The zero-order valence-electron chi connectivity index (χ0n) is 10.9. The first-order chi connectivity index (χ1) is 8.02. The number of anilines is 1. The van der Waals surface area contributed by atoms with Crippen LogP contribution in [0.15, 0.2) is 10.9 Å². The molecule has 96 valence electrons. The van der Waals surface area contributed by atoms with Gasteiger partial charge in [0.15, 0.2) is 0 Å². The minimum Gasteiger partial charge on any atom is -0.384 e. The summed E-state index contributed by atoms with van der Waals surface area (Å²) in [6, 6.07) is 1.48. The van der Waals surface area contributed by atoms with E-state index in [0.717, 1.165) is 6.54 Å². The number of hydrogen-bond donors (Lipinski definition) is 2. The molecule has 1 atom stereocenters. The molecule has 0 fully saturated rings. The highest BCUT2D eigenvalue weighted by Crippen LogP contribution is 2.09. The molecule has 17 heavy (non-hydrogen) atoms. The molecule has 0 spiro atoms. The average molecular weight is 239 g/mol. The molecule has 0 amide bonds. The van der Waals surface area contributed by atoms with Crippen LogP contribution in [0.2, 0.25) is 0 Å². The van der Waals surface area contributed by atoms with E-state index < -0.39 is 0 Å². The van der Waals surface area contributed by atoms with Crippen LogP contribution in [-0.4, -0.2) is 30.2 Å². The number of nitrogens with one attached hydrogen (secondary N) is 2. The van der Waals surface area contributed by atoms with Crippen LogP contribution in [0, 0.1) is 5.92 Å². The predicted molar refractivity (Wildman–Crippen MR) is 68.5 cm³/mol. The van der Waals surface area contributed by atoms with E-state index in [1.807, 2.05) is 13.8 Å². The van der Waals surface area contributed by atoms with E-state index in [0.29, 0.717) is 24.2 Å². The van der Waals surface area contributed by atoms with Crippen LogP contribution in [0.3, 0.4) is 0 Å². The summed E-state index contributed by atoms with van der Waals surface area (Å²) in [5.41, 5.74) is -0.120. The second kappa shape index (κ2) is 6.39. The summed E-state index contributed by atoms with van der Waals surface area (Å²) >= 11 is 0. The van der Waals surface area contributed by atoms with Crippen LogP contribution in [0.25, 0.3) is 0 Å². The zero-order valence-corrected chi connectivity index (χ0v) is 10.9. The van der Waals surface area contributed by atoms with Crippen molar-refractivity contribution >= 4 is 5.82 Å². The fraction of sp³-hybridized carbons (Fsp3) is 0.667. The van der Waals surface area contributed by atoms with E-state index in [1.54, 1.807) is 7.11 Å². The van der Waals surface area contributed by atoms with E-state index in [4.69, 9.17) is 4.74 Å². The molecule has 0 saturated carbocycles. The van der Waals surface area contributed by atoms with E-state index in [-0.39, 0.29) is 11.5 Å². The highest BCUT2D eigenvalue weighted by Gasteiger charge is 2.06. The second-order valence-electron chi connectivity index (χ2n) is 4.61. The number of aromatic nitrogens is 2. The lowest BCUT2D eigenvalue weighted by atomic mass is 10.2. The van der Waals surface area contributed by atoms with Crippen LogP contribution >= 0.6 is 0 Å². The molecule has 5 nitrogen and oxygen atoms in total. The summed E-state index contributed by atoms with van der Waals surface area (Å²) < 4.78 is 5.05. The molecule has 1 heterocycles. The van der Waals surface area contributed by atoms with Gasteiger partial charge in [-0.15, -0.1) is 0 Å². The zero-order chi connectivity index (χ0) is 12.8. The summed E-state index contributed by atoms with van der Waals surface area (Å²) in [4.78, 5) is 18.5. The first kappa shape index (κ1) is 13.7. The van der Waals surface area contributed by atoms with E-state index in [2.05, 4.69) is 22.2 Å². The molecule has 1 aromatic heterocycles. The number of methoxy groups -OCH3 is 1. The Morgan fingerprint density at radius 2 is 2.18 bits per heavy atom. The van der Waals surface area contributed by atoms with E-state index >= 15 is 0 Å². The normalized spacial score (nSPS) is 12.8. The molecule has 0 saturated heterocycles. The molecule has 2 N–H and O–H groups in total. The van der Waals surface area contributed by atoms with Gasteiger partial charge in [-0.1, -0.05) is 20.8 Å². The van der Waals surface area contributed by atoms with Crippen LogP contribution in [-0.2, 0) is 4.74 Å². The summed E-state index contributed by atoms with van der Waals surface area (Å²) in [6.07, 6.45) is 0. The van der Waals surface area contributed by atoms with Crippen molar-refractivity contribution in [3.05, 3.63) is 22.2 Å². The van der Waals surface area contributed by atoms with Crippen LogP contribution in [0.4, 0.5) is 5.82 Å². The van der Waals surface area contributed by atoms with E-state index in [1.165, 1.54) is 6.07 Å². The summed E-state index contributed by atoms with van der Waals surface area (Å²) in [7, 11) is 1.68. The number of H-pyrrole nitrogens is 1. The molecule has 0 radical (unpaired) electrons. The van der Waals surface area contributed by atoms with Gasteiger partial charge in [0.05, 0.1) is 6.61 Å². The summed E-state index contributed by atoms with van der Waals surface area (Å²) in [5, 5.41) is 3.15. The number of nitrogens with zero attached hydrogens (tertiary/aromatic N) is 1. The molecular formula is C12H21N3O2. The summed E-state index contributed by atoms with van der Waals surface area (Å²) in [6.45, 7) is 7.49. The standard InChI is InChI=1S/C12H21N3O2/c1-8(2)12-14-10(5-11(16)15-12)13-6-9(3)7-17-4/h5,8-9H,6-7H2,1-4H3,(H2,13,14,15,16). The topological polar surface area (TPSA) is 67.0 Å². The first-order valence-electron chi connectivity index (χ1n) is 5.87. The van der Waals surface area contributed by atoms with Crippen molar-refractivity contribution in [2.24, 2.45) is 5.92 Å². The van der Waals surface area contributed by atoms with Crippen LogP contribution in [0.5, 0.6) is 0 Å². The molecular weight excluding hydrogens is 218 g/mol. The highest BCUT2D eigenvalue weighted by molar-refractivity contribution is 5.33. The molecule has 5 heteroatoms. The fourth-order valence-corrected chi connectivity index (χ4v) is 1.46. The van der Waals surface area contributed by atoms with Gasteiger partial charge >= 0.3 is 0 Å². The number of rotatable bonds is 6. The van der Waals surface area contributed by atoms with Crippen molar-refractivity contribution in [2.45, 2.75) is 26.7 Å². The third-order valence-electron chi connectivity index (χ3n) is 2.39. The van der Waals surface area contributed by atoms with Crippen molar-refractivity contribution in [1.82, 2.24) is 9.97 Å². The molecule has 1 unspecified atom stereocenters. The lowest BCUT2D eigenvalue weighted by Gasteiger charge is -2.13. The Kier molecular flexibility index (Phi) is 5.15. The SMILES string of the molecule is COCC(C)CNc1cc(=O)[nH]c(C(C)C)n1. The van der Waals surface area contributed by atoms with Crippen molar-refractivity contribution in [2.75, 3.05) is 25.6 Å². The maximum Gasteiger partial charge on any atom is 0.252 e. The molecule has 0 bridgehead atoms. The van der Waals surface area contributed by atoms with Gasteiger partial charge in [0.25, 0.3) is 5.56 Å². The van der Waals surface area contributed by atoms with E-state index in [9.17, 15) is 4.79 Å². The van der Waals surface area contributed by atoms with Gasteiger partial charge in [-0.3, -0.25) is 4.79 Å². The van der Waals surface area contributed by atoms with Gasteiger partial charge in [0.2, 0.25) is 0 Å². The largest absolute Gasteiger partial charge is 0.384 e. The van der Waals surface area contributed by atoms with Gasteiger partial charge in [0, 0.05) is 25.6 Å². The Hall–Kier alpha value is -1.36. The van der Waals surface area contributed by atoms with Gasteiger partial charge in [-0.2, -0.15) is 0 Å². The highest BCUT2D eigenvalue weighted by atomic mass is 16.5. The Morgan fingerprint density at radius 3 is 2.76 bits per heavy atom. The predicted octanol–water partition coefficient (Wildman–Crippen LogP) is 1.59. The molecule has 1 aromatic rings. The molecule has 0 aliphatic carbocycles. The van der Waals surface area contributed by atoms with Crippen molar-refractivity contribution in [3.8, 4) is 0 Å². The van der Waals surface area contributed by atoms with Gasteiger partial charge in [-0.25, -0.2) is 4.98 Å². The smallest absolute Gasteiger partial charge is 0.252 e. The number of hydrogen-bond acceptors (Lipinski definition) is 4. The maximum atomic E-state index is 11.4. The third-order valence-corrected chi connectivity index (χ3v) is 2.39. The third kappa shape index (κ3) is 4.56. The van der Waals surface area contributed by atoms with Crippen molar-refractivity contribution in [3.63, 3.8) is 0 Å². The Balaban J connectivity index is 2.68. The monoisotopic (exact) mass is 239 g/mol. The average Bonchev–Trinajstić information content (AvgIpc) is 2.26. The van der Waals surface area contributed by atoms with Crippen LogP contribution in [0.1, 0.15) is 32.5 Å². The van der Waals surface area contributed by atoms with Crippen molar-refractivity contribution < 1.29 is 4.74 Å². The quantitative estimate of drug-likeness (QED) is 0.791. The van der Waals surface area contributed by atoms with Crippen molar-refractivity contribution in [1.29, 1.82) is 0 Å². The number of ether oxygens (including phenoxy) is 1. The lowest BCUT2D eigenvalue weighted by molar-refractivity contribution is 0.164. The number of aromatic amines is 1. The van der Waals surface area contributed by atoms with Crippen LogP contribution < -0.4 is 10.9 Å². The fourth-order valence-electron chi connectivity index (χ4n) is 1.46. The minimum atomic E-state index is -0.120. The maximum absolute atomic E-state index is 11.4. The molecule has 0 aromatic carbocycles. The molecule has 0 aliphatic heterocycles.